The van der Waals surface area contributed by atoms with Crippen molar-refractivity contribution in [3.63, 3.8) is 0 Å². The van der Waals surface area contributed by atoms with Gasteiger partial charge in [-0.2, -0.15) is 0 Å². The number of aryl methyl sites for hydroxylation is 1. The Bertz CT molecular complexity index is 988. The summed E-state index contributed by atoms with van der Waals surface area (Å²) in [7, 11) is 0. The number of thioether (sulfide) groups is 1. The Kier molecular flexibility index (Phi) is 8.01. The smallest absolute Gasteiger partial charge is 0.234 e. The number of rotatable bonds is 9. The van der Waals surface area contributed by atoms with Crippen molar-refractivity contribution < 1.29 is 9.53 Å². The van der Waals surface area contributed by atoms with E-state index in [1.165, 1.54) is 17.3 Å². The van der Waals surface area contributed by atoms with Crippen molar-refractivity contribution in [2.24, 2.45) is 0 Å². The van der Waals surface area contributed by atoms with Gasteiger partial charge < -0.3 is 14.6 Å². The van der Waals surface area contributed by atoms with E-state index in [-0.39, 0.29) is 11.7 Å². The first-order valence-electron chi connectivity index (χ1n) is 9.52. The normalized spacial score (nSPS) is 10.8. The van der Waals surface area contributed by atoms with Crippen molar-refractivity contribution in [1.82, 2.24) is 14.8 Å². The van der Waals surface area contributed by atoms with Crippen LogP contribution in [0.5, 0.6) is 5.75 Å². The van der Waals surface area contributed by atoms with Crippen LogP contribution in [0.3, 0.4) is 0 Å². The molecule has 3 aromatic rings. The van der Waals surface area contributed by atoms with Crippen LogP contribution < -0.4 is 10.1 Å². The minimum absolute atomic E-state index is 0.152. The van der Waals surface area contributed by atoms with Crippen molar-refractivity contribution >= 4 is 46.6 Å². The molecule has 1 N–H and O–H groups in total. The molecule has 0 aliphatic heterocycles. The Morgan fingerprint density at radius 3 is 2.43 bits per heavy atom. The van der Waals surface area contributed by atoms with Crippen LogP contribution in [0.4, 0.5) is 5.69 Å². The monoisotopic (exact) mass is 464 g/mol. The molecule has 1 aromatic heterocycles. The summed E-state index contributed by atoms with van der Waals surface area (Å²) >= 11 is 13.5. The molecule has 0 bridgehead atoms. The van der Waals surface area contributed by atoms with E-state index in [2.05, 4.69) is 22.4 Å². The van der Waals surface area contributed by atoms with Crippen LogP contribution in [0.2, 0.25) is 10.0 Å². The molecule has 3 rings (SSSR count). The van der Waals surface area contributed by atoms with Gasteiger partial charge in [-0.3, -0.25) is 4.79 Å². The standard InChI is InChI=1S/C21H22Cl2N4O2S/c1-3-14-8-10-15(11-9-14)29-12-18-25-26-21(27(18)4-2)30-13-19(28)24-20-16(22)6-5-7-17(20)23/h5-11H,3-4,12-13H2,1-2H3,(H,24,28). The first-order chi connectivity index (χ1) is 14.5. The van der Waals surface area contributed by atoms with E-state index in [9.17, 15) is 4.79 Å². The molecule has 0 aliphatic carbocycles. The number of anilines is 1. The van der Waals surface area contributed by atoms with E-state index in [0.717, 1.165) is 12.2 Å². The Morgan fingerprint density at radius 2 is 1.80 bits per heavy atom. The van der Waals surface area contributed by atoms with Crippen LogP contribution in [0, 0.1) is 0 Å². The number of aromatic nitrogens is 3. The molecule has 0 radical (unpaired) electrons. The second kappa shape index (κ2) is 10.7. The van der Waals surface area contributed by atoms with E-state index in [1.54, 1.807) is 18.2 Å². The van der Waals surface area contributed by atoms with Crippen molar-refractivity contribution in [3.8, 4) is 5.75 Å². The molecule has 1 amide bonds. The summed E-state index contributed by atoms with van der Waals surface area (Å²) < 4.78 is 7.77. The Morgan fingerprint density at radius 1 is 1.10 bits per heavy atom. The van der Waals surface area contributed by atoms with E-state index in [0.29, 0.717) is 39.9 Å². The van der Waals surface area contributed by atoms with Crippen LogP contribution in [-0.4, -0.2) is 26.4 Å². The minimum atomic E-state index is -0.227. The average molecular weight is 465 g/mol. The van der Waals surface area contributed by atoms with Crippen molar-refractivity contribution in [2.75, 3.05) is 11.1 Å². The third-order valence-electron chi connectivity index (χ3n) is 4.37. The molecule has 158 valence electrons. The number of nitrogens with one attached hydrogen (secondary N) is 1. The molecule has 0 fully saturated rings. The van der Waals surface area contributed by atoms with Gasteiger partial charge in [0.05, 0.1) is 21.5 Å². The van der Waals surface area contributed by atoms with Crippen LogP contribution >= 0.6 is 35.0 Å². The number of amides is 1. The van der Waals surface area contributed by atoms with Crippen molar-refractivity contribution in [3.05, 3.63) is 63.9 Å². The van der Waals surface area contributed by atoms with Crippen LogP contribution in [0.1, 0.15) is 25.2 Å². The molecular weight excluding hydrogens is 443 g/mol. The first kappa shape index (κ1) is 22.5. The Hall–Kier alpha value is -2.22. The SMILES string of the molecule is CCc1ccc(OCc2nnc(SCC(=O)Nc3c(Cl)cccc3Cl)n2CC)cc1. The van der Waals surface area contributed by atoms with Gasteiger partial charge in [-0.25, -0.2) is 0 Å². The van der Waals surface area contributed by atoms with E-state index >= 15 is 0 Å². The number of ether oxygens (including phenoxy) is 1. The van der Waals surface area contributed by atoms with Gasteiger partial charge in [-0.05, 0) is 43.2 Å². The van der Waals surface area contributed by atoms with Crippen LogP contribution in [0.15, 0.2) is 47.6 Å². The fourth-order valence-electron chi connectivity index (χ4n) is 2.74. The number of halogens is 2. The average Bonchev–Trinajstić information content (AvgIpc) is 3.15. The van der Waals surface area contributed by atoms with Gasteiger partial charge in [0, 0.05) is 6.54 Å². The zero-order valence-corrected chi connectivity index (χ0v) is 19.0. The lowest BCUT2D eigenvalue weighted by atomic mass is 10.2. The molecule has 0 atom stereocenters. The highest BCUT2D eigenvalue weighted by Gasteiger charge is 2.15. The zero-order valence-electron chi connectivity index (χ0n) is 16.7. The molecular formula is C21H22Cl2N4O2S. The summed E-state index contributed by atoms with van der Waals surface area (Å²) in [4.78, 5) is 12.3. The second-order valence-electron chi connectivity index (χ2n) is 6.36. The Balaban J connectivity index is 1.58. The lowest BCUT2D eigenvalue weighted by Gasteiger charge is -2.10. The quantitative estimate of drug-likeness (QED) is 0.424. The zero-order chi connectivity index (χ0) is 21.5. The lowest BCUT2D eigenvalue weighted by Crippen LogP contribution is -2.15. The molecule has 1 heterocycles. The second-order valence-corrected chi connectivity index (χ2v) is 8.12. The van der Waals surface area contributed by atoms with Crippen molar-refractivity contribution in [1.29, 1.82) is 0 Å². The highest BCUT2D eigenvalue weighted by molar-refractivity contribution is 7.99. The van der Waals surface area contributed by atoms with E-state index in [4.69, 9.17) is 27.9 Å². The predicted molar refractivity (Wildman–Crippen MR) is 122 cm³/mol. The number of benzene rings is 2. The van der Waals surface area contributed by atoms with Crippen molar-refractivity contribution in [2.45, 2.75) is 38.6 Å². The molecule has 0 spiro atoms. The summed E-state index contributed by atoms with van der Waals surface area (Å²) in [5.41, 5.74) is 1.67. The van der Waals surface area contributed by atoms with Gasteiger partial charge in [-0.15, -0.1) is 10.2 Å². The molecule has 9 heteroatoms. The number of hydrogen-bond donors (Lipinski definition) is 1. The number of carbonyl (C=O) groups is 1. The molecule has 0 aliphatic rings. The van der Waals surface area contributed by atoms with Gasteiger partial charge in [0.25, 0.3) is 0 Å². The first-order valence-corrected chi connectivity index (χ1v) is 11.3. The summed E-state index contributed by atoms with van der Waals surface area (Å²) in [6.45, 7) is 5.08. The summed E-state index contributed by atoms with van der Waals surface area (Å²) in [5.74, 6) is 1.41. The molecule has 2 aromatic carbocycles. The Labute approximate surface area is 189 Å². The summed E-state index contributed by atoms with van der Waals surface area (Å²) in [6.07, 6.45) is 0.987. The highest BCUT2D eigenvalue weighted by Crippen LogP contribution is 2.30. The molecule has 0 saturated heterocycles. The van der Waals surface area contributed by atoms with Gasteiger partial charge in [0.1, 0.15) is 12.4 Å². The highest BCUT2D eigenvalue weighted by atomic mass is 35.5. The van der Waals surface area contributed by atoms with Gasteiger partial charge >= 0.3 is 0 Å². The number of para-hydroxylation sites is 1. The fourth-order valence-corrected chi connectivity index (χ4v) is 4.06. The van der Waals surface area contributed by atoms with Crippen LogP contribution in [0.25, 0.3) is 0 Å². The molecule has 0 saturated carbocycles. The summed E-state index contributed by atoms with van der Waals surface area (Å²) in [6, 6.07) is 13.1. The predicted octanol–water partition coefficient (Wildman–Crippen LogP) is 5.48. The molecule has 0 unspecified atom stereocenters. The maximum absolute atomic E-state index is 12.3. The third-order valence-corrected chi connectivity index (χ3v) is 5.97. The number of carbonyl (C=O) groups excluding carboxylic acids is 1. The lowest BCUT2D eigenvalue weighted by molar-refractivity contribution is -0.113. The van der Waals surface area contributed by atoms with Gasteiger partial charge in [0.15, 0.2) is 11.0 Å². The fraction of sp³-hybridized carbons (Fsp3) is 0.286. The number of hydrogen-bond acceptors (Lipinski definition) is 5. The van der Waals surface area contributed by atoms with Gasteiger partial charge in [-0.1, -0.05) is 60.1 Å². The molecule has 30 heavy (non-hydrogen) atoms. The van der Waals surface area contributed by atoms with Gasteiger partial charge in [0.2, 0.25) is 5.91 Å². The largest absolute Gasteiger partial charge is 0.486 e. The minimum Gasteiger partial charge on any atom is -0.486 e. The molecule has 6 nitrogen and oxygen atoms in total. The van der Waals surface area contributed by atoms with Crippen LogP contribution in [-0.2, 0) is 24.4 Å². The maximum Gasteiger partial charge on any atom is 0.234 e. The maximum atomic E-state index is 12.3. The summed E-state index contributed by atoms with van der Waals surface area (Å²) in [5, 5.41) is 12.6. The van der Waals surface area contributed by atoms with E-state index in [1.807, 2.05) is 35.8 Å². The third kappa shape index (κ3) is 5.68. The van der Waals surface area contributed by atoms with E-state index < -0.39 is 0 Å². The number of nitrogens with zero attached hydrogens (tertiary/aromatic N) is 3. The topological polar surface area (TPSA) is 69.0 Å².